The van der Waals surface area contributed by atoms with Crippen molar-refractivity contribution in [3.05, 3.63) is 41.2 Å². The van der Waals surface area contributed by atoms with Crippen LogP contribution in [0.2, 0.25) is 5.02 Å². The van der Waals surface area contributed by atoms with Gasteiger partial charge in [0.2, 0.25) is 5.88 Å². The number of hydrogen-bond acceptors (Lipinski definition) is 5. The highest BCUT2D eigenvalue weighted by Crippen LogP contribution is 2.32. The van der Waals surface area contributed by atoms with Gasteiger partial charge in [-0.25, -0.2) is 14.8 Å². The van der Waals surface area contributed by atoms with Gasteiger partial charge in [-0.2, -0.15) is 0 Å². The highest BCUT2D eigenvalue weighted by molar-refractivity contribution is 6.30. The first-order chi connectivity index (χ1) is 13.3. The molecule has 0 saturated heterocycles. The van der Waals surface area contributed by atoms with Crippen molar-refractivity contribution >= 4 is 23.5 Å². The van der Waals surface area contributed by atoms with Crippen LogP contribution in [0.4, 0.5) is 0 Å². The molecule has 3 rings (SSSR count). The summed E-state index contributed by atoms with van der Waals surface area (Å²) in [5, 5.41) is 12.3. The SMILES string of the molecule is CC(C)[C@@H](NC(=O)c1cnc(OCC2CC2)c(-c2cccc(Cl)c2)n1)C(=O)O. The minimum atomic E-state index is -1.10. The number of benzene rings is 1. The molecule has 1 aromatic carbocycles. The molecule has 2 aromatic rings. The molecule has 0 bridgehead atoms. The number of hydrogen-bond donors (Lipinski definition) is 2. The molecule has 28 heavy (non-hydrogen) atoms. The van der Waals surface area contributed by atoms with Crippen LogP contribution in [0.5, 0.6) is 5.88 Å². The minimum Gasteiger partial charge on any atom is -0.480 e. The Hall–Kier alpha value is -2.67. The molecule has 1 aliphatic carbocycles. The fourth-order valence-corrected chi connectivity index (χ4v) is 2.82. The minimum absolute atomic E-state index is 0.0145. The zero-order chi connectivity index (χ0) is 20.3. The number of carboxylic acid groups (broad SMARTS) is 1. The number of nitrogens with one attached hydrogen (secondary N) is 1. The summed E-state index contributed by atoms with van der Waals surface area (Å²) in [5.74, 6) is -1.13. The van der Waals surface area contributed by atoms with E-state index in [0.717, 1.165) is 12.8 Å². The summed E-state index contributed by atoms with van der Waals surface area (Å²) >= 11 is 6.09. The van der Waals surface area contributed by atoms with Gasteiger partial charge >= 0.3 is 5.97 Å². The summed E-state index contributed by atoms with van der Waals surface area (Å²) in [6, 6.07) is 6.01. The maximum Gasteiger partial charge on any atom is 0.326 e. The lowest BCUT2D eigenvalue weighted by molar-refractivity contribution is -0.140. The molecule has 1 aliphatic rings. The predicted molar refractivity (Wildman–Crippen MR) is 104 cm³/mol. The largest absolute Gasteiger partial charge is 0.480 e. The summed E-state index contributed by atoms with van der Waals surface area (Å²) < 4.78 is 5.81. The van der Waals surface area contributed by atoms with Crippen LogP contribution in [0.15, 0.2) is 30.5 Å². The van der Waals surface area contributed by atoms with E-state index in [4.69, 9.17) is 16.3 Å². The van der Waals surface area contributed by atoms with Gasteiger partial charge in [0.05, 0.1) is 12.8 Å². The summed E-state index contributed by atoms with van der Waals surface area (Å²) in [4.78, 5) is 32.6. The highest BCUT2D eigenvalue weighted by atomic mass is 35.5. The zero-order valence-corrected chi connectivity index (χ0v) is 16.4. The van der Waals surface area contributed by atoms with Crippen LogP contribution in [0.25, 0.3) is 11.3 Å². The molecule has 0 radical (unpaired) electrons. The first-order valence-electron chi connectivity index (χ1n) is 9.14. The topological polar surface area (TPSA) is 101 Å². The maximum absolute atomic E-state index is 12.6. The van der Waals surface area contributed by atoms with E-state index in [1.165, 1.54) is 6.20 Å². The van der Waals surface area contributed by atoms with Crippen molar-refractivity contribution in [3.8, 4) is 17.1 Å². The molecule has 1 heterocycles. The van der Waals surface area contributed by atoms with E-state index < -0.39 is 17.9 Å². The second-order valence-electron chi connectivity index (χ2n) is 7.21. The Morgan fingerprint density at radius 1 is 1.36 bits per heavy atom. The Kier molecular flexibility index (Phi) is 6.14. The van der Waals surface area contributed by atoms with Gasteiger partial charge in [-0.05, 0) is 36.8 Å². The van der Waals surface area contributed by atoms with Crippen molar-refractivity contribution in [2.45, 2.75) is 32.7 Å². The Balaban J connectivity index is 1.91. The van der Waals surface area contributed by atoms with Crippen molar-refractivity contribution in [1.29, 1.82) is 0 Å². The molecule has 7 nitrogen and oxygen atoms in total. The Morgan fingerprint density at radius 2 is 2.11 bits per heavy atom. The predicted octanol–water partition coefficient (Wildman–Crippen LogP) is 3.42. The number of carbonyl (C=O) groups is 2. The summed E-state index contributed by atoms with van der Waals surface area (Å²) in [5.41, 5.74) is 1.08. The number of nitrogens with zero attached hydrogens (tertiary/aromatic N) is 2. The van der Waals surface area contributed by atoms with Crippen molar-refractivity contribution in [2.75, 3.05) is 6.61 Å². The van der Waals surface area contributed by atoms with Gasteiger partial charge in [-0.1, -0.05) is 37.6 Å². The third-order valence-corrected chi connectivity index (χ3v) is 4.68. The number of carbonyl (C=O) groups excluding carboxylic acids is 1. The van der Waals surface area contributed by atoms with Crippen molar-refractivity contribution in [3.63, 3.8) is 0 Å². The Morgan fingerprint density at radius 3 is 2.71 bits per heavy atom. The molecule has 1 amide bonds. The van der Waals surface area contributed by atoms with E-state index in [1.54, 1.807) is 38.1 Å². The van der Waals surface area contributed by atoms with Crippen molar-refractivity contribution < 1.29 is 19.4 Å². The molecular weight excluding hydrogens is 382 g/mol. The van der Waals surface area contributed by atoms with Crippen LogP contribution in [-0.2, 0) is 4.79 Å². The summed E-state index contributed by atoms with van der Waals surface area (Å²) in [7, 11) is 0. The fourth-order valence-electron chi connectivity index (χ4n) is 2.63. The fraction of sp³-hybridized carbons (Fsp3) is 0.400. The van der Waals surface area contributed by atoms with Gasteiger partial charge in [-0.3, -0.25) is 4.79 Å². The molecule has 1 fully saturated rings. The number of aliphatic carboxylic acids is 1. The van der Waals surface area contributed by atoms with Crippen LogP contribution >= 0.6 is 11.6 Å². The van der Waals surface area contributed by atoms with Crippen molar-refractivity contribution in [2.24, 2.45) is 11.8 Å². The quantitative estimate of drug-likeness (QED) is 0.700. The number of ether oxygens (including phenoxy) is 1. The van der Waals surface area contributed by atoms with Crippen molar-refractivity contribution in [1.82, 2.24) is 15.3 Å². The monoisotopic (exact) mass is 403 g/mol. The second kappa shape index (κ2) is 8.56. The van der Waals surface area contributed by atoms with Crippen LogP contribution in [0, 0.1) is 11.8 Å². The molecule has 148 valence electrons. The highest BCUT2D eigenvalue weighted by Gasteiger charge is 2.26. The lowest BCUT2D eigenvalue weighted by atomic mass is 10.0. The zero-order valence-electron chi connectivity index (χ0n) is 15.7. The van der Waals surface area contributed by atoms with Gasteiger partial charge in [0, 0.05) is 10.6 Å². The number of rotatable bonds is 8. The normalized spacial score (nSPS) is 14.6. The molecular formula is C20H22ClN3O4. The van der Waals surface area contributed by atoms with E-state index in [0.29, 0.717) is 34.7 Å². The first kappa shape index (κ1) is 20.1. The second-order valence-corrected chi connectivity index (χ2v) is 7.64. The Bertz CT molecular complexity index is 884. The lowest BCUT2D eigenvalue weighted by Gasteiger charge is -2.18. The van der Waals surface area contributed by atoms with E-state index in [-0.39, 0.29) is 11.6 Å². The molecule has 1 saturated carbocycles. The first-order valence-corrected chi connectivity index (χ1v) is 9.52. The molecule has 1 atom stereocenters. The number of aromatic nitrogens is 2. The molecule has 8 heteroatoms. The summed E-state index contributed by atoms with van der Waals surface area (Å²) in [6.07, 6.45) is 3.56. The van der Waals surface area contributed by atoms with Gasteiger partial charge in [0.1, 0.15) is 17.4 Å². The van der Waals surface area contributed by atoms with Crippen LogP contribution < -0.4 is 10.1 Å². The number of amides is 1. The number of carboxylic acids is 1. The van der Waals surface area contributed by atoms with E-state index in [9.17, 15) is 14.7 Å². The third-order valence-electron chi connectivity index (χ3n) is 4.44. The van der Waals surface area contributed by atoms with Gasteiger partial charge in [0.15, 0.2) is 0 Å². The molecule has 0 spiro atoms. The van der Waals surface area contributed by atoms with Crippen LogP contribution in [0.1, 0.15) is 37.2 Å². The third kappa shape index (κ3) is 4.98. The van der Waals surface area contributed by atoms with E-state index in [2.05, 4.69) is 15.3 Å². The smallest absolute Gasteiger partial charge is 0.326 e. The Labute approximate surface area is 168 Å². The maximum atomic E-state index is 12.6. The average Bonchev–Trinajstić information content (AvgIpc) is 3.48. The average molecular weight is 404 g/mol. The summed E-state index contributed by atoms with van der Waals surface area (Å²) in [6.45, 7) is 3.98. The van der Waals surface area contributed by atoms with Gasteiger partial charge < -0.3 is 15.2 Å². The lowest BCUT2D eigenvalue weighted by Crippen LogP contribution is -2.44. The molecule has 0 unspecified atom stereocenters. The molecule has 1 aromatic heterocycles. The van der Waals surface area contributed by atoms with Crippen LogP contribution in [0.3, 0.4) is 0 Å². The van der Waals surface area contributed by atoms with Gasteiger partial charge in [0.25, 0.3) is 5.91 Å². The number of halogens is 1. The molecule has 0 aliphatic heterocycles. The van der Waals surface area contributed by atoms with Gasteiger partial charge in [-0.15, -0.1) is 0 Å². The molecule has 2 N–H and O–H groups in total. The van der Waals surface area contributed by atoms with E-state index in [1.807, 2.05) is 0 Å². The van der Waals surface area contributed by atoms with E-state index >= 15 is 0 Å². The van der Waals surface area contributed by atoms with Crippen LogP contribution in [-0.4, -0.2) is 39.6 Å². The standard InChI is InChI=1S/C20H22ClN3O4/c1-11(2)16(20(26)27)24-18(25)15-9-22-19(28-10-12-6-7-12)17(23-15)13-4-3-5-14(21)8-13/h3-5,8-9,11-12,16H,6-7,10H2,1-2H3,(H,24,25)(H,26,27)/t16-/m1/s1.